The average molecular weight is 328 g/mol. The quantitative estimate of drug-likeness (QED) is 0.635. The van der Waals surface area contributed by atoms with Crippen molar-refractivity contribution in [3.63, 3.8) is 0 Å². The van der Waals surface area contributed by atoms with Gasteiger partial charge in [-0.25, -0.2) is 0 Å². The maximum Gasteiger partial charge on any atom is 0.120 e. The molecule has 2 N–H and O–H groups in total. The lowest BCUT2D eigenvalue weighted by atomic mass is 10.0. The molecular formula is C16H26BrNO. The van der Waals surface area contributed by atoms with Crippen LogP contribution in [0.15, 0.2) is 22.7 Å². The van der Waals surface area contributed by atoms with E-state index in [-0.39, 0.29) is 0 Å². The van der Waals surface area contributed by atoms with Gasteiger partial charge >= 0.3 is 0 Å². The number of phenolic OH excluding ortho intramolecular Hbond substituents is 1. The van der Waals surface area contributed by atoms with Gasteiger partial charge in [-0.1, -0.05) is 55.5 Å². The average Bonchev–Trinajstić information content (AvgIpc) is 2.36. The molecule has 0 radical (unpaired) electrons. The van der Waals surface area contributed by atoms with Gasteiger partial charge in [-0.15, -0.1) is 0 Å². The minimum absolute atomic E-state index is 0.368. The number of hydrogen-bond donors (Lipinski definition) is 2. The van der Waals surface area contributed by atoms with Crippen molar-refractivity contribution < 1.29 is 5.11 Å². The number of nitrogens with one attached hydrogen (secondary N) is 1. The van der Waals surface area contributed by atoms with E-state index in [0.717, 1.165) is 29.0 Å². The number of unbranched alkanes of at least 4 members (excludes halogenated alkanes) is 3. The Hall–Kier alpha value is -0.540. The summed E-state index contributed by atoms with van der Waals surface area (Å²) in [5, 5.41) is 13.1. The Bertz CT molecular complexity index is 366. The minimum atomic E-state index is 0.368. The van der Waals surface area contributed by atoms with Crippen LogP contribution in [0.25, 0.3) is 0 Å². The van der Waals surface area contributed by atoms with Gasteiger partial charge in [0.2, 0.25) is 0 Å². The fourth-order valence-electron chi connectivity index (χ4n) is 2.07. The van der Waals surface area contributed by atoms with Crippen LogP contribution >= 0.6 is 15.9 Å². The Labute approximate surface area is 125 Å². The molecule has 3 heteroatoms. The summed E-state index contributed by atoms with van der Waals surface area (Å²) < 4.78 is 1.01. The molecule has 0 atom stereocenters. The summed E-state index contributed by atoms with van der Waals surface area (Å²) in [4.78, 5) is 0. The first-order chi connectivity index (χ1) is 9.09. The zero-order chi connectivity index (χ0) is 14.1. The van der Waals surface area contributed by atoms with Gasteiger partial charge in [0, 0.05) is 16.6 Å². The molecule has 0 heterocycles. The van der Waals surface area contributed by atoms with Crippen molar-refractivity contribution in [3.05, 3.63) is 28.2 Å². The SMILES string of the molecule is CC(C)CCCCCCNCc1cc(Br)ccc1O. The van der Waals surface area contributed by atoms with E-state index in [1.54, 1.807) is 6.07 Å². The number of hydrogen-bond acceptors (Lipinski definition) is 2. The zero-order valence-electron chi connectivity index (χ0n) is 12.1. The summed E-state index contributed by atoms with van der Waals surface area (Å²) >= 11 is 3.42. The molecular weight excluding hydrogens is 302 g/mol. The molecule has 108 valence electrons. The first-order valence-corrected chi connectivity index (χ1v) is 8.07. The van der Waals surface area contributed by atoms with Crippen LogP contribution < -0.4 is 5.32 Å². The van der Waals surface area contributed by atoms with Crippen molar-refractivity contribution in [1.82, 2.24) is 5.32 Å². The molecule has 2 nitrogen and oxygen atoms in total. The molecule has 0 aliphatic heterocycles. The molecule has 0 saturated heterocycles. The number of benzene rings is 1. The molecule has 19 heavy (non-hydrogen) atoms. The molecule has 1 rings (SSSR count). The van der Waals surface area contributed by atoms with Crippen LogP contribution in [0.5, 0.6) is 5.75 Å². The second kappa shape index (κ2) is 9.38. The zero-order valence-corrected chi connectivity index (χ0v) is 13.7. The Kier molecular flexibility index (Phi) is 8.15. The van der Waals surface area contributed by atoms with Crippen LogP contribution in [0.1, 0.15) is 51.5 Å². The van der Waals surface area contributed by atoms with E-state index in [1.807, 2.05) is 12.1 Å². The third-order valence-corrected chi connectivity index (χ3v) is 3.74. The standard InChI is InChI=1S/C16H26BrNO/c1-13(2)7-5-3-4-6-10-18-12-14-11-15(17)8-9-16(14)19/h8-9,11,13,18-19H,3-7,10,12H2,1-2H3. The number of halogens is 1. The topological polar surface area (TPSA) is 32.3 Å². The van der Waals surface area contributed by atoms with Gasteiger partial charge < -0.3 is 10.4 Å². The maximum absolute atomic E-state index is 9.70. The summed E-state index contributed by atoms with van der Waals surface area (Å²) in [6.45, 7) is 6.32. The highest BCUT2D eigenvalue weighted by molar-refractivity contribution is 9.10. The third-order valence-electron chi connectivity index (χ3n) is 3.24. The Morgan fingerprint density at radius 1 is 1.16 bits per heavy atom. The molecule has 0 spiro atoms. The van der Waals surface area contributed by atoms with Crippen molar-refractivity contribution in [2.75, 3.05) is 6.54 Å². The van der Waals surface area contributed by atoms with Gasteiger partial charge in [0.15, 0.2) is 0 Å². The molecule has 1 aromatic rings. The van der Waals surface area contributed by atoms with E-state index in [2.05, 4.69) is 35.1 Å². The van der Waals surface area contributed by atoms with E-state index in [0.29, 0.717) is 5.75 Å². The molecule has 0 amide bonds. The molecule has 0 aliphatic carbocycles. The van der Waals surface area contributed by atoms with Gasteiger partial charge in [0.25, 0.3) is 0 Å². The van der Waals surface area contributed by atoms with Crippen LogP contribution in [0, 0.1) is 5.92 Å². The van der Waals surface area contributed by atoms with Gasteiger partial charge in [-0.05, 0) is 37.1 Å². The summed E-state index contributed by atoms with van der Waals surface area (Å²) in [6.07, 6.45) is 6.54. The summed E-state index contributed by atoms with van der Waals surface area (Å²) in [7, 11) is 0. The van der Waals surface area contributed by atoms with Crippen molar-refractivity contribution in [1.29, 1.82) is 0 Å². The predicted octanol–water partition coefficient (Wildman–Crippen LogP) is 4.85. The van der Waals surface area contributed by atoms with Crippen LogP contribution in [-0.2, 0) is 6.54 Å². The smallest absolute Gasteiger partial charge is 0.120 e. The van der Waals surface area contributed by atoms with Crippen LogP contribution in [-0.4, -0.2) is 11.7 Å². The van der Waals surface area contributed by atoms with Crippen molar-refractivity contribution in [3.8, 4) is 5.75 Å². The molecule has 0 unspecified atom stereocenters. The predicted molar refractivity (Wildman–Crippen MR) is 85.4 cm³/mol. The largest absolute Gasteiger partial charge is 0.508 e. The van der Waals surface area contributed by atoms with Gasteiger partial charge in [0.1, 0.15) is 5.75 Å². The van der Waals surface area contributed by atoms with Crippen molar-refractivity contribution in [2.24, 2.45) is 5.92 Å². The summed E-state index contributed by atoms with van der Waals surface area (Å²) in [6, 6.07) is 5.55. The third kappa shape index (κ3) is 7.58. The number of rotatable bonds is 9. The Balaban J connectivity index is 2.06. The second-order valence-electron chi connectivity index (χ2n) is 5.55. The summed E-state index contributed by atoms with van der Waals surface area (Å²) in [5.74, 6) is 1.20. The molecule has 0 bridgehead atoms. The molecule has 0 aromatic heterocycles. The molecule has 0 aliphatic rings. The fourth-order valence-corrected chi connectivity index (χ4v) is 2.48. The van der Waals surface area contributed by atoms with Crippen LogP contribution in [0.3, 0.4) is 0 Å². The number of phenols is 1. The summed E-state index contributed by atoms with van der Waals surface area (Å²) in [5.41, 5.74) is 0.953. The van der Waals surface area contributed by atoms with Crippen molar-refractivity contribution >= 4 is 15.9 Å². The number of aromatic hydroxyl groups is 1. The first-order valence-electron chi connectivity index (χ1n) is 7.27. The lowest BCUT2D eigenvalue weighted by molar-refractivity contribution is 0.463. The normalized spacial score (nSPS) is 11.2. The van der Waals surface area contributed by atoms with E-state index in [1.165, 1.54) is 32.1 Å². The monoisotopic (exact) mass is 327 g/mol. The lowest BCUT2D eigenvalue weighted by Crippen LogP contribution is -2.14. The van der Waals surface area contributed by atoms with E-state index < -0.39 is 0 Å². The first kappa shape index (κ1) is 16.5. The fraction of sp³-hybridized carbons (Fsp3) is 0.625. The van der Waals surface area contributed by atoms with E-state index in [4.69, 9.17) is 0 Å². The van der Waals surface area contributed by atoms with Gasteiger partial charge in [-0.3, -0.25) is 0 Å². The van der Waals surface area contributed by atoms with Crippen LogP contribution in [0.4, 0.5) is 0 Å². The Morgan fingerprint density at radius 2 is 1.89 bits per heavy atom. The molecule has 0 fully saturated rings. The maximum atomic E-state index is 9.70. The highest BCUT2D eigenvalue weighted by Gasteiger charge is 2.01. The second-order valence-corrected chi connectivity index (χ2v) is 6.46. The van der Waals surface area contributed by atoms with Crippen LogP contribution in [0.2, 0.25) is 0 Å². The lowest BCUT2D eigenvalue weighted by Gasteiger charge is -2.08. The molecule has 1 aromatic carbocycles. The van der Waals surface area contributed by atoms with Gasteiger partial charge in [-0.2, -0.15) is 0 Å². The van der Waals surface area contributed by atoms with E-state index in [9.17, 15) is 5.11 Å². The highest BCUT2D eigenvalue weighted by Crippen LogP contribution is 2.21. The minimum Gasteiger partial charge on any atom is -0.508 e. The highest BCUT2D eigenvalue weighted by atomic mass is 79.9. The molecule has 0 saturated carbocycles. The van der Waals surface area contributed by atoms with E-state index >= 15 is 0 Å². The Morgan fingerprint density at radius 3 is 2.63 bits per heavy atom. The van der Waals surface area contributed by atoms with Crippen molar-refractivity contribution in [2.45, 2.75) is 52.5 Å². The van der Waals surface area contributed by atoms with Gasteiger partial charge in [0.05, 0.1) is 0 Å².